The number of para-hydroxylation sites is 1. The number of nitrogens with zero attached hydrogens (tertiary/aromatic N) is 2. The van der Waals surface area contributed by atoms with Crippen LogP contribution >= 0.6 is 11.3 Å². The van der Waals surface area contributed by atoms with Crippen molar-refractivity contribution in [1.29, 1.82) is 0 Å². The van der Waals surface area contributed by atoms with Crippen molar-refractivity contribution in [3.63, 3.8) is 0 Å². The molecule has 0 aliphatic heterocycles. The van der Waals surface area contributed by atoms with Crippen LogP contribution in [0.2, 0.25) is 0 Å². The summed E-state index contributed by atoms with van der Waals surface area (Å²) in [6.45, 7) is 2.13. The lowest BCUT2D eigenvalue weighted by molar-refractivity contribution is -0.143. The number of carbonyl (C=O) groups excluding carboxylic acids is 1. The Kier molecular flexibility index (Phi) is 6.38. The number of halogens is 3. The lowest BCUT2D eigenvalue weighted by Gasteiger charge is -2.11. The van der Waals surface area contributed by atoms with Crippen LogP contribution < -0.4 is 9.54 Å². The minimum absolute atomic E-state index is 0.0410. The number of thiazole rings is 1. The Hall–Kier alpha value is -2.13. The fourth-order valence-electron chi connectivity index (χ4n) is 2.12. The van der Waals surface area contributed by atoms with Crippen LogP contribution in [0.25, 0.3) is 0 Å². The van der Waals surface area contributed by atoms with Gasteiger partial charge >= 0.3 is 6.18 Å². The molecule has 1 aromatic carbocycles. The van der Waals surface area contributed by atoms with Gasteiger partial charge in [0.05, 0.1) is 18.8 Å². The van der Waals surface area contributed by atoms with E-state index in [4.69, 9.17) is 9.47 Å². The van der Waals surface area contributed by atoms with Crippen molar-refractivity contribution in [2.45, 2.75) is 19.6 Å². The minimum Gasteiger partial charge on any atom is -0.493 e. The molecule has 0 bridgehead atoms. The Labute approximate surface area is 146 Å². The summed E-state index contributed by atoms with van der Waals surface area (Å²) in [7, 11) is 1.39. The first-order valence-corrected chi connectivity index (χ1v) is 8.31. The van der Waals surface area contributed by atoms with Crippen LogP contribution in [0.15, 0.2) is 34.6 Å². The standard InChI is InChI=1S/C16H17F3N2O3S/c1-3-24-12-7-5-4-6-11(12)14(22)20-15-21(8-9-23-2)13(10-25-15)16(17,18)19/h4-7,10H,3,8-9H2,1-2H3/b20-15-. The van der Waals surface area contributed by atoms with Gasteiger partial charge in [-0.15, -0.1) is 11.3 Å². The first-order valence-electron chi connectivity index (χ1n) is 7.43. The molecular formula is C16H17F3N2O3S. The zero-order valence-corrected chi connectivity index (χ0v) is 14.5. The Bertz CT molecular complexity index is 796. The number of benzene rings is 1. The summed E-state index contributed by atoms with van der Waals surface area (Å²) in [5.41, 5.74) is -0.663. The maximum absolute atomic E-state index is 13.1. The van der Waals surface area contributed by atoms with Gasteiger partial charge in [0.2, 0.25) is 0 Å². The molecule has 0 atom stereocenters. The lowest BCUT2D eigenvalue weighted by Crippen LogP contribution is -2.25. The monoisotopic (exact) mass is 374 g/mol. The lowest BCUT2D eigenvalue weighted by atomic mass is 10.2. The quantitative estimate of drug-likeness (QED) is 0.779. The fraction of sp³-hybridized carbons (Fsp3) is 0.375. The molecule has 0 aliphatic rings. The van der Waals surface area contributed by atoms with Crippen LogP contribution in [0, 0.1) is 0 Å². The first-order chi connectivity index (χ1) is 11.9. The van der Waals surface area contributed by atoms with Crippen molar-refractivity contribution >= 4 is 17.2 Å². The van der Waals surface area contributed by atoms with Gasteiger partial charge in [-0.3, -0.25) is 4.79 Å². The molecule has 0 fully saturated rings. The molecule has 136 valence electrons. The highest BCUT2D eigenvalue weighted by molar-refractivity contribution is 7.07. The fourth-order valence-corrected chi connectivity index (χ4v) is 3.05. The largest absolute Gasteiger partial charge is 0.493 e. The molecule has 0 saturated carbocycles. The second-order valence-electron chi connectivity index (χ2n) is 4.89. The second-order valence-corrected chi connectivity index (χ2v) is 5.73. The van der Waals surface area contributed by atoms with Gasteiger partial charge in [0.15, 0.2) is 4.80 Å². The molecule has 0 aliphatic carbocycles. The molecule has 9 heteroatoms. The number of alkyl halides is 3. The average Bonchev–Trinajstić information content (AvgIpc) is 2.96. The zero-order chi connectivity index (χ0) is 18.4. The number of amides is 1. The SMILES string of the molecule is CCOc1ccccc1C(=O)/N=c1\scc(C(F)(F)F)n1CCOC. The van der Waals surface area contributed by atoms with E-state index in [9.17, 15) is 18.0 Å². The van der Waals surface area contributed by atoms with Crippen molar-refractivity contribution in [3.8, 4) is 5.75 Å². The van der Waals surface area contributed by atoms with Gasteiger partial charge in [-0.05, 0) is 19.1 Å². The number of hydrogen-bond donors (Lipinski definition) is 0. The highest BCUT2D eigenvalue weighted by atomic mass is 32.1. The highest BCUT2D eigenvalue weighted by Gasteiger charge is 2.35. The number of methoxy groups -OCH3 is 1. The molecule has 0 spiro atoms. The van der Waals surface area contributed by atoms with E-state index in [2.05, 4.69) is 4.99 Å². The molecule has 0 saturated heterocycles. The predicted molar refractivity (Wildman–Crippen MR) is 86.7 cm³/mol. The second kappa shape index (κ2) is 8.30. The van der Waals surface area contributed by atoms with E-state index in [0.29, 0.717) is 12.4 Å². The van der Waals surface area contributed by atoms with E-state index in [1.807, 2.05) is 0 Å². The third kappa shape index (κ3) is 4.70. The smallest absolute Gasteiger partial charge is 0.432 e. The normalized spacial score (nSPS) is 12.4. The van der Waals surface area contributed by atoms with Gasteiger partial charge in [0.25, 0.3) is 5.91 Å². The highest BCUT2D eigenvalue weighted by Crippen LogP contribution is 2.29. The average molecular weight is 374 g/mol. The number of aromatic nitrogens is 1. The van der Waals surface area contributed by atoms with Gasteiger partial charge in [0, 0.05) is 19.0 Å². The molecule has 0 N–H and O–H groups in total. The Balaban J connectivity index is 2.47. The first kappa shape index (κ1) is 19.2. The van der Waals surface area contributed by atoms with E-state index in [1.54, 1.807) is 25.1 Å². The van der Waals surface area contributed by atoms with Crippen molar-refractivity contribution in [2.75, 3.05) is 20.3 Å². The summed E-state index contributed by atoms with van der Waals surface area (Å²) < 4.78 is 50.5. The minimum atomic E-state index is -4.54. The third-order valence-corrected chi connectivity index (χ3v) is 4.09. The van der Waals surface area contributed by atoms with Crippen LogP contribution in [0.1, 0.15) is 23.0 Å². The van der Waals surface area contributed by atoms with Crippen LogP contribution in [-0.4, -0.2) is 30.8 Å². The molecular weight excluding hydrogens is 357 g/mol. The summed E-state index contributed by atoms with van der Waals surface area (Å²) >= 11 is 0.755. The van der Waals surface area contributed by atoms with E-state index in [-0.39, 0.29) is 23.5 Å². The van der Waals surface area contributed by atoms with E-state index >= 15 is 0 Å². The Morgan fingerprint density at radius 1 is 1.32 bits per heavy atom. The van der Waals surface area contributed by atoms with Crippen molar-refractivity contribution in [3.05, 3.63) is 45.7 Å². The molecule has 1 aromatic heterocycles. The number of hydrogen-bond acceptors (Lipinski definition) is 4. The van der Waals surface area contributed by atoms with Gasteiger partial charge in [-0.1, -0.05) is 12.1 Å². The number of ether oxygens (including phenoxy) is 2. The maximum atomic E-state index is 13.1. The summed E-state index contributed by atoms with van der Waals surface area (Å²) in [6.07, 6.45) is -4.54. The Morgan fingerprint density at radius 2 is 2.04 bits per heavy atom. The summed E-state index contributed by atoms with van der Waals surface area (Å²) in [4.78, 5) is 16.3. The van der Waals surface area contributed by atoms with E-state index in [1.165, 1.54) is 13.2 Å². The van der Waals surface area contributed by atoms with E-state index in [0.717, 1.165) is 21.3 Å². The number of carbonyl (C=O) groups is 1. The third-order valence-electron chi connectivity index (χ3n) is 3.22. The predicted octanol–water partition coefficient (Wildman–Crippen LogP) is 3.35. The van der Waals surface area contributed by atoms with Crippen molar-refractivity contribution in [2.24, 2.45) is 4.99 Å². The van der Waals surface area contributed by atoms with Gasteiger partial charge in [-0.2, -0.15) is 18.2 Å². The molecule has 2 rings (SSSR count). The summed E-state index contributed by atoms with van der Waals surface area (Å²) in [5.74, 6) is -0.319. The molecule has 0 unspecified atom stereocenters. The van der Waals surface area contributed by atoms with Gasteiger partial charge < -0.3 is 14.0 Å². The molecule has 2 aromatic rings. The molecule has 0 radical (unpaired) electrons. The number of rotatable bonds is 6. The van der Waals surface area contributed by atoms with Crippen LogP contribution in [0.5, 0.6) is 5.75 Å². The maximum Gasteiger partial charge on any atom is 0.432 e. The molecule has 1 amide bonds. The van der Waals surface area contributed by atoms with Crippen LogP contribution in [0.4, 0.5) is 13.2 Å². The Morgan fingerprint density at radius 3 is 2.68 bits per heavy atom. The van der Waals surface area contributed by atoms with Crippen molar-refractivity contribution < 1.29 is 27.4 Å². The zero-order valence-electron chi connectivity index (χ0n) is 13.7. The molecule has 1 heterocycles. The summed E-state index contributed by atoms with van der Waals surface area (Å²) in [6, 6.07) is 6.47. The van der Waals surface area contributed by atoms with Gasteiger partial charge in [-0.25, -0.2) is 0 Å². The topological polar surface area (TPSA) is 52.8 Å². The molecule has 25 heavy (non-hydrogen) atoms. The van der Waals surface area contributed by atoms with Crippen LogP contribution in [-0.2, 0) is 17.5 Å². The van der Waals surface area contributed by atoms with Crippen LogP contribution in [0.3, 0.4) is 0 Å². The summed E-state index contributed by atoms with van der Waals surface area (Å²) in [5, 5.41) is 0.941. The van der Waals surface area contributed by atoms with E-state index < -0.39 is 17.8 Å². The molecule has 5 nitrogen and oxygen atoms in total. The van der Waals surface area contributed by atoms with Gasteiger partial charge in [0.1, 0.15) is 11.4 Å². The van der Waals surface area contributed by atoms with Crippen molar-refractivity contribution in [1.82, 2.24) is 4.57 Å².